The van der Waals surface area contributed by atoms with Gasteiger partial charge in [-0.2, -0.15) is 0 Å². The summed E-state index contributed by atoms with van der Waals surface area (Å²) in [4.78, 5) is 34.3. The number of amides is 2. The predicted octanol–water partition coefficient (Wildman–Crippen LogP) is 2.68. The number of morpholine rings is 1. The lowest BCUT2D eigenvalue weighted by atomic mass is 10.0. The zero-order valence-corrected chi connectivity index (χ0v) is 19.9. The van der Waals surface area contributed by atoms with E-state index in [4.69, 9.17) is 20.6 Å². The number of benzene rings is 1. The monoisotopic (exact) mass is 489 g/mol. The Morgan fingerprint density at radius 3 is 2.64 bits per heavy atom. The molecule has 3 heterocycles. The van der Waals surface area contributed by atoms with Gasteiger partial charge < -0.3 is 36.2 Å². The average molecular weight is 490 g/mol. The van der Waals surface area contributed by atoms with Crippen LogP contribution in [0.5, 0.6) is 5.75 Å². The van der Waals surface area contributed by atoms with Crippen LogP contribution in [0.15, 0.2) is 54.9 Å². The van der Waals surface area contributed by atoms with E-state index < -0.39 is 6.10 Å². The van der Waals surface area contributed by atoms with E-state index in [1.54, 1.807) is 53.6 Å². The summed E-state index contributed by atoms with van der Waals surface area (Å²) in [5, 5.41) is 14.7. The van der Waals surface area contributed by atoms with Gasteiger partial charge >= 0.3 is 0 Å². The van der Waals surface area contributed by atoms with Crippen molar-refractivity contribution < 1.29 is 19.1 Å². The van der Waals surface area contributed by atoms with E-state index in [1.165, 1.54) is 20.2 Å². The SMILES string of the molecule is COc1ccnc(NC(=O)c2ccc(Nc3c(C(=N)C4CN(C(C)=O)CCO4)ccnc3N)cc2)c1. The molecule has 11 heteroatoms. The molecule has 1 unspecified atom stereocenters. The first-order valence-electron chi connectivity index (χ1n) is 11.2. The summed E-state index contributed by atoms with van der Waals surface area (Å²) >= 11 is 0. The molecule has 0 aliphatic carbocycles. The lowest BCUT2D eigenvalue weighted by molar-refractivity contribution is -0.134. The van der Waals surface area contributed by atoms with Crippen molar-refractivity contribution in [1.82, 2.24) is 14.9 Å². The van der Waals surface area contributed by atoms with Gasteiger partial charge in [-0.25, -0.2) is 9.97 Å². The summed E-state index contributed by atoms with van der Waals surface area (Å²) < 4.78 is 10.9. The second kappa shape index (κ2) is 10.8. The van der Waals surface area contributed by atoms with Gasteiger partial charge in [-0.3, -0.25) is 9.59 Å². The third-order valence-electron chi connectivity index (χ3n) is 5.73. The molecular formula is C25H27N7O4. The third-order valence-corrected chi connectivity index (χ3v) is 5.73. The second-order valence-corrected chi connectivity index (χ2v) is 8.09. The summed E-state index contributed by atoms with van der Waals surface area (Å²) in [6.07, 6.45) is 2.49. The van der Waals surface area contributed by atoms with Crippen LogP contribution in [-0.4, -0.2) is 65.3 Å². The molecule has 11 nitrogen and oxygen atoms in total. The quantitative estimate of drug-likeness (QED) is 0.369. The number of nitrogen functional groups attached to an aromatic ring is 1. The molecule has 5 N–H and O–H groups in total. The summed E-state index contributed by atoms with van der Waals surface area (Å²) in [5.41, 5.74) is 8.38. The highest BCUT2D eigenvalue weighted by Gasteiger charge is 2.28. The van der Waals surface area contributed by atoms with Gasteiger partial charge in [0, 0.05) is 48.7 Å². The molecule has 1 saturated heterocycles. The first-order valence-corrected chi connectivity index (χ1v) is 11.2. The fourth-order valence-electron chi connectivity index (χ4n) is 3.76. The highest BCUT2D eigenvalue weighted by molar-refractivity contribution is 6.08. The maximum Gasteiger partial charge on any atom is 0.256 e. The minimum Gasteiger partial charge on any atom is -0.497 e. The van der Waals surface area contributed by atoms with Gasteiger partial charge in [0.05, 0.1) is 31.7 Å². The Labute approximate surface area is 208 Å². The minimum absolute atomic E-state index is 0.0602. The van der Waals surface area contributed by atoms with Crippen LogP contribution in [0, 0.1) is 5.41 Å². The van der Waals surface area contributed by atoms with Gasteiger partial charge in [-0.1, -0.05) is 0 Å². The second-order valence-electron chi connectivity index (χ2n) is 8.09. The number of carbonyl (C=O) groups is 2. The van der Waals surface area contributed by atoms with Crippen LogP contribution in [0.4, 0.5) is 23.0 Å². The number of pyridine rings is 2. The van der Waals surface area contributed by atoms with Gasteiger partial charge in [-0.05, 0) is 36.4 Å². The van der Waals surface area contributed by atoms with E-state index in [1.807, 2.05) is 0 Å². The Morgan fingerprint density at radius 2 is 1.92 bits per heavy atom. The van der Waals surface area contributed by atoms with Crippen molar-refractivity contribution >= 4 is 40.5 Å². The normalized spacial score (nSPS) is 15.2. The van der Waals surface area contributed by atoms with E-state index in [9.17, 15) is 9.59 Å². The summed E-state index contributed by atoms with van der Waals surface area (Å²) in [6.45, 7) is 2.64. The maximum atomic E-state index is 12.6. The molecule has 1 aliphatic heterocycles. The molecule has 0 bridgehead atoms. The number of hydrogen-bond acceptors (Lipinski definition) is 9. The Kier molecular flexibility index (Phi) is 7.40. The topological polar surface area (TPSA) is 156 Å². The highest BCUT2D eigenvalue weighted by atomic mass is 16.5. The van der Waals surface area contributed by atoms with E-state index in [2.05, 4.69) is 20.6 Å². The van der Waals surface area contributed by atoms with Crippen molar-refractivity contribution in [3.63, 3.8) is 0 Å². The number of nitrogens with zero attached hydrogens (tertiary/aromatic N) is 3. The fraction of sp³-hybridized carbons (Fsp3) is 0.240. The van der Waals surface area contributed by atoms with Crippen LogP contribution in [0.2, 0.25) is 0 Å². The summed E-state index contributed by atoms with van der Waals surface area (Å²) in [6, 6.07) is 11.8. The van der Waals surface area contributed by atoms with E-state index in [0.717, 1.165) is 0 Å². The van der Waals surface area contributed by atoms with Crippen LogP contribution in [0.1, 0.15) is 22.8 Å². The van der Waals surface area contributed by atoms with Gasteiger partial charge in [0.2, 0.25) is 5.91 Å². The molecule has 0 saturated carbocycles. The zero-order valence-electron chi connectivity index (χ0n) is 19.9. The Balaban J connectivity index is 1.49. The van der Waals surface area contributed by atoms with E-state index in [0.29, 0.717) is 53.8 Å². The van der Waals surface area contributed by atoms with Crippen LogP contribution < -0.4 is 21.1 Å². The first-order chi connectivity index (χ1) is 17.4. The number of nitrogens with two attached hydrogens (primary N) is 1. The fourth-order valence-corrected chi connectivity index (χ4v) is 3.76. The summed E-state index contributed by atoms with van der Waals surface area (Å²) in [5.74, 6) is 0.788. The van der Waals surface area contributed by atoms with Crippen LogP contribution in [-0.2, 0) is 9.53 Å². The number of methoxy groups -OCH3 is 1. The molecule has 1 atom stereocenters. The van der Waals surface area contributed by atoms with Crippen molar-refractivity contribution in [2.24, 2.45) is 0 Å². The Bertz CT molecular complexity index is 1280. The molecule has 0 spiro atoms. The predicted molar refractivity (Wildman–Crippen MR) is 136 cm³/mol. The standard InChI is InChI=1S/C25H27N7O4/c1-15(33)32-11-12-36-20(14-32)22(26)19-8-10-29-24(27)23(19)30-17-5-3-16(4-6-17)25(34)31-21-13-18(35-2)7-9-28-21/h3-10,13,20,26,30H,11-12,14H2,1-2H3,(H2,27,29)(H,28,31,34). The molecular weight excluding hydrogens is 462 g/mol. The lowest BCUT2D eigenvalue weighted by Crippen LogP contribution is -2.48. The largest absolute Gasteiger partial charge is 0.497 e. The molecule has 4 rings (SSSR count). The van der Waals surface area contributed by atoms with Crippen LogP contribution >= 0.6 is 0 Å². The third kappa shape index (κ3) is 5.58. The van der Waals surface area contributed by atoms with Crippen molar-refractivity contribution in [2.75, 3.05) is 43.2 Å². The lowest BCUT2D eigenvalue weighted by Gasteiger charge is -2.33. The number of rotatable bonds is 7. The number of anilines is 4. The molecule has 3 aromatic rings. The highest BCUT2D eigenvalue weighted by Crippen LogP contribution is 2.28. The number of nitrogens with one attached hydrogen (secondary N) is 3. The molecule has 2 amide bonds. The van der Waals surface area contributed by atoms with Crippen LogP contribution in [0.3, 0.4) is 0 Å². The van der Waals surface area contributed by atoms with Gasteiger partial charge in [0.15, 0.2) is 0 Å². The number of ether oxygens (including phenoxy) is 2. The molecule has 186 valence electrons. The molecule has 1 aromatic carbocycles. The zero-order chi connectivity index (χ0) is 25.7. The molecule has 2 aromatic heterocycles. The molecule has 0 radical (unpaired) electrons. The first kappa shape index (κ1) is 24.6. The van der Waals surface area contributed by atoms with Crippen molar-refractivity contribution in [2.45, 2.75) is 13.0 Å². The number of aromatic nitrogens is 2. The Morgan fingerprint density at radius 1 is 1.17 bits per heavy atom. The van der Waals surface area contributed by atoms with E-state index >= 15 is 0 Å². The molecule has 1 fully saturated rings. The van der Waals surface area contributed by atoms with Gasteiger partial charge in [0.1, 0.15) is 23.5 Å². The van der Waals surface area contributed by atoms with Crippen molar-refractivity contribution in [1.29, 1.82) is 5.41 Å². The number of carbonyl (C=O) groups excluding carboxylic acids is 2. The molecule has 36 heavy (non-hydrogen) atoms. The Hall–Kier alpha value is -4.51. The summed E-state index contributed by atoms with van der Waals surface area (Å²) in [7, 11) is 1.54. The van der Waals surface area contributed by atoms with E-state index in [-0.39, 0.29) is 23.3 Å². The average Bonchev–Trinajstić information content (AvgIpc) is 2.90. The van der Waals surface area contributed by atoms with Crippen molar-refractivity contribution in [3.8, 4) is 5.75 Å². The maximum absolute atomic E-state index is 12.6. The van der Waals surface area contributed by atoms with Crippen LogP contribution in [0.25, 0.3) is 0 Å². The smallest absolute Gasteiger partial charge is 0.256 e. The van der Waals surface area contributed by atoms with Gasteiger partial charge in [0.25, 0.3) is 5.91 Å². The van der Waals surface area contributed by atoms with Crippen molar-refractivity contribution in [3.05, 3.63) is 66.0 Å². The van der Waals surface area contributed by atoms with Gasteiger partial charge in [-0.15, -0.1) is 0 Å². The minimum atomic E-state index is -0.582. The molecule has 1 aliphatic rings. The number of hydrogen-bond donors (Lipinski definition) is 4.